The van der Waals surface area contributed by atoms with E-state index in [1.807, 2.05) is 0 Å². The molecule has 1 aliphatic rings. The minimum Gasteiger partial charge on any atom is -0.449 e. The summed E-state index contributed by atoms with van der Waals surface area (Å²) >= 11 is 0. The molecule has 0 aliphatic heterocycles. The molecule has 1 aliphatic carbocycles. The second-order valence-corrected chi connectivity index (χ2v) is 5.78. The Kier molecular flexibility index (Phi) is 4.27. The maximum absolute atomic E-state index is 12.7. The standard InChI is InChI=1S/C16H21N3O3/c1-2-22-16(21)19-13-9-6-10-17-14(13)18(15(19)20)11-12-7-4-3-5-8-12/h6,9-10,12H,2-5,7-8,11H2,1H3. The summed E-state index contributed by atoms with van der Waals surface area (Å²) in [5.74, 6) is 0.481. The Morgan fingerprint density at radius 2 is 2.14 bits per heavy atom. The van der Waals surface area contributed by atoms with E-state index < -0.39 is 6.09 Å². The van der Waals surface area contributed by atoms with Crippen LogP contribution in [0.15, 0.2) is 23.1 Å². The molecule has 2 heterocycles. The number of fused-ring (bicyclic) bond motifs is 1. The van der Waals surface area contributed by atoms with E-state index in [0.29, 0.717) is 23.6 Å². The summed E-state index contributed by atoms with van der Waals surface area (Å²) in [7, 11) is 0. The summed E-state index contributed by atoms with van der Waals surface area (Å²) in [4.78, 5) is 29.1. The molecule has 0 saturated heterocycles. The molecule has 0 radical (unpaired) electrons. The first-order valence-corrected chi connectivity index (χ1v) is 7.95. The maximum Gasteiger partial charge on any atom is 0.422 e. The summed E-state index contributed by atoms with van der Waals surface area (Å²) in [6.07, 6.45) is 6.97. The first-order valence-electron chi connectivity index (χ1n) is 7.95. The van der Waals surface area contributed by atoms with Gasteiger partial charge in [0.25, 0.3) is 0 Å². The first kappa shape index (κ1) is 14.8. The van der Waals surface area contributed by atoms with Gasteiger partial charge in [-0.25, -0.2) is 14.6 Å². The number of aromatic nitrogens is 3. The van der Waals surface area contributed by atoms with E-state index in [4.69, 9.17) is 4.74 Å². The molecule has 0 amide bonds. The largest absolute Gasteiger partial charge is 0.449 e. The molecule has 0 atom stereocenters. The zero-order valence-electron chi connectivity index (χ0n) is 12.8. The van der Waals surface area contributed by atoms with Crippen molar-refractivity contribution in [3.63, 3.8) is 0 Å². The maximum atomic E-state index is 12.7. The van der Waals surface area contributed by atoms with Crippen LogP contribution in [0, 0.1) is 5.92 Å². The molecule has 1 saturated carbocycles. The quantitative estimate of drug-likeness (QED) is 0.874. The molecule has 0 N–H and O–H groups in total. The van der Waals surface area contributed by atoms with Crippen molar-refractivity contribution in [3.05, 3.63) is 28.8 Å². The third kappa shape index (κ3) is 2.65. The zero-order chi connectivity index (χ0) is 15.5. The number of hydrogen-bond donors (Lipinski definition) is 0. The molecule has 0 bridgehead atoms. The second-order valence-electron chi connectivity index (χ2n) is 5.78. The van der Waals surface area contributed by atoms with Crippen molar-refractivity contribution in [1.29, 1.82) is 0 Å². The molecule has 0 aromatic carbocycles. The van der Waals surface area contributed by atoms with Crippen LogP contribution < -0.4 is 5.69 Å². The molecule has 2 aromatic heterocycles. The highest BCUT2D eigenvalue weighted by Gasteiger charge is 2.22. The van der Waals surface area contributed by atoms with Crippen LogP contribution in [-0.4, -0.2) is 26.8 Å². The minimum atomic E-state index is -0.632. The van der Waals surface area contributed by atoms with Crippen molar-refractivity contribution < 1.29 is 9.53 Å². The van der Waals surface area contributed by atoms with Gasteiger partial charge in [0.05, 0.1) is 6.61 Å². The fourth-order valence-corrected chi connectivity index (χ4v) is 3.24. The fraction of sp³-hybridized carbons (Fsp3) is 0.562. The number of pyridine rings is 1. The van der Waals surface area contributed by atoms with Gasteiger partial charge in [-0.2, -0.15) is 4.57 Å². The van der Waals surface area contributed by atoms with Crippen molar-refractivity contribution in [2.75, 3.05) is 6.61 Å². The lowest BCUT2D eigenvalue weighted by atomic mass is 9.89. The number of hydrogen-bond acceptors (Lipinski definition) is 4. The van der Waals surface area contributed by atoms with Gasteiger partial charge in [0.2, 0.25) is 0 Å². The molecule has 3 rings (SSSR count). The molecule has 6 nitrogen and oxygen atoms in total. The zero-order valence-corrected chi connectivity index (χ0v) is 12.8. The van der Waals surface area contributed by atoms with E-state index in [2.05, 4.69) is 4.98 Å². The van der Waals surface area contributed by atoms with E-state index in [0.717, 1.165) is 17.4 Å². The van der Waals surface area contributed by atoms with Gasteiger partial charge in [0.1, 0.15) is 5.52 Å². The topological polar surface area (TPSA) is 66.1 Å². The number of ether oxygens (including phenoxy) is 1. The Hall–Kier alpha value is -2.11. The van der Waals surface area contributed by atoms with Crippen LogP contribution in [0.25, 0.3) is 11.2 Å². The molecule has 1 fully saturated rings. The van der Waals surface area contributed by atoms with Crippen LogP contribution in [0.5, 0.6) is 0 Å². The molecule has 0 unspecified atom stereocenters. The lowest BCUT2D eigenvalue weighted by molar-refractivity contribution is 0.153. The third-order valence-electron chi connectivity index (χ3n) is 4.30. The fourth-order valence-electron chi connectivity index (χ4n) is 3.24. The van der Waals surface area contributed by atoms with Gasteiger partial charge < -0.3 is 4.74 Å². The highest BCUT2D eigenvalue weighted by molar-refractivity contribution is 5.84. The Labute approximate surface area is 128 Å². The highest BCUT2D eigenvalue weighted by atomic mass is 16.5. The normalized spacial score (nSPS) is 16.0. The lowest BCUT2D eigenvalue weighted by Crippen LogP contribution is -2.31. The van der Waals surface area contributed by atoms with Crippen molar-refractivity contribution in [3.8, 4) is 0 Å². The van der Waals surface area contributed by atoms with Crippen molar-refractivity contribution in [1.82, 2.24) is 14.1 Å². The van der Waals surface area contributed by atoms with Crippen molar-refractivity contribution >= 4 is 17.3 Å². The van der Waals surface area contributed by atoms with Gasteiger partial charge in [-0.15, -0.1) is 0 Å². The van der Waals surface area contributed by atoms with Crippen LogP contribution in [-0.2, 0) is 11.3 Å². The minimum absolute atomic E-state index is 0.237. The van der Waals surface area contributed by atoms with Crippen LogP contribution >= 0.6 is 0 Å². The predicted molar refractivity (Wildman–Crippen MR) is 83.0 cm³/mol. The van der Waals surface area contributed by atoms with E-state index >= 15 is 0 Å². The van der Waals surface area contributed by atoms with Gasteiger partial charge >= 0.3 is 11.8 Å². The Morgan fingerprint density at radius 3 is 2.86 bits per heavy atom. The molecular weight excluding hydrogens is 282 g/mol. The number of rotatable bonds is 3. The summed E-state index contributed by atoms with van der Waals surface area (Å²) in [5, 5.41) is 0. The number of imidazole rings is 1. The highest BCUT2D eigenvalue weighted by Crippen LogP contribution is 2.25. The van der Waals surface area contributed by atoms with Crippen molar-refractivity contribution in [2.24, 2.45) is 5.92 Å². The molecular formula is C16H21N3O3. The van der Waals surface area contributed by atoms with E-state index in [-0.39, 0.29) is 12.3 Å². The average molecular weight is 303 g/mol. The van der Waals surface area contributed by atoms with Gasteiger partial charge in [0.15, 0.2) is 5.65 Å². The lowest BCUT2D eigenvalue weighted by Gasteiger charge is -2.21. The second kappa shape index (κ2) is 6.34. The van der Waals surface area contributed by atoms with Crippen LogP contribution in [0.3, 0.4) is 0 Å². The molecule has 2 aromatic rings. The Bertz CT molecular complexity index is 726. The molecule has 0 spiro atoms. The summed E-state index contributed by atoms with van der Waals surface area (Å²) in [6, 6.07) is 3.46. The van der Waals surface area contributed by atoms with E-state index in [1.54, 1.807) is 29.8 Å². The van der Waals surface area contributed by atoms with Crippen LogP contribution in [0.2, 0.25) is 0 Å². The van der Waals surface area contributed by atoms with Gasteiger partial charge in [-0.1, -0.05) is 19.3 Å². The smallest absolute Gasteiger partial charge is 0.422 e. The van der Waals surface area contributed by atoms with Gasteiger partial charge in [-0.3, -0.25) is 4.57 Å². The van der Waals surface area contributed by atoms with Crippen molar-refractivity contribution in [2.45, 2.75) is 45.6 Å². The van der Waals surface area contributed by atoms with Gasteiger partial charge in [-0.05, 0) is 37.8 Å². The summed E-state index contributed by atoms with van der Waals surface area (Å²) < 4.78 is 7.72. The molecule has 22 heavy (non-hydrogen) atoms. The van der Waals surface area contributed by atoms with E-state index in [9.17, 15) is 9.59 Å². The summed E-state index contributed by atoms with van der Waals surface area (Å²) in [6.45, 7) is 2.59. The number of nitrogens with zero attached hydrogens (tertiary/aromatic N) is 3. The van der Waals surface area contributed by atoms with Crippen LogP contribution in [0.1, 0.15) is 39.0 Å². The monoisotopic (exact) mass is 303 g/mol. The third-order valence-corrected chi connectivity index (χ3v) is 4.30. The number of carbonyl (C=O) groups excluding carboxylic acids is 1. The summed E-state index contributed by atoms with van der Waals surface area (Å²) in [5.41, 5.74) is 0.727. The van der Waals surface area contributed by atoms with Crippen LogP contribution in [0.4, 0.5) is 4.79 Å². The van der Waals surface area contributed by atoms with Gasteiger partial charge in [0, 0.05) is 12.7 Å². The predicted octanol–water partition coefficient (Wildman–Crippen LogP) is 2.78. The number of carbonyl (C=O) groups is 1. The molecule has 6 heteroatoms. The molecule has 118 valence electrons. The Balaban J connectivity index is 2.04. The van der Waals surface area contributed by atoms with E-state index in [1.165, 1.54) is 19.3 Å². The Morgan fingerprint density at radius 1 is 1.36 bits per heavy atom. The average Bonchev–Trinajstić information content (AvgIpc) is 2.81. The first-order chi connectivity index (χ1) is 10.7. The SMILES string of the molecule is CCOC(=O)n1c(=O)n(CC2CCCCC2)c2ncccc21.